The molecule has 6 nitrogen and oxygen atoms in total. The van der Waals surface area contributed by atoms with Crippen molar-refractivity contribution in [3.8, 4) is 0 Å². The first-order valence-electron chi connectivity index (χ1n) is 8.47. The van der Waals surface area contributed by atoms with Crippen molar-refractivity contribution in [2.75, 3.05) is 7.11 Å². The van der Waals surface area contributed by atoms with Crippen molar-refractivity contribution in [2.45, 2.75) is 44.9 Å². The zero-order valence-corrected chi connectivity index (χ0v) is 14.6. The van der Waals surface area contributed by atoms with Gasteiger partial charge in [0.1, 0.15) is 5.82 Å². The van der Waals surface area contributed by atoms with Gasteiger partial charge in [0.25, 0.3) is 0 Å². The highest BCUT2D eigenvalue weighted by Crippen LogP contribution is 2.25. The number of ether oxygens (including phenoxy) is 1. The number of benzene rings is 1. The monoisotopic (exact) mass is 330 g/mol. The summed E-state index contributed by atoms with van der Waals surface area (Å²) in [5, 5.41) is 3.04. The summed E-state index contributed by atoms with van der Waals surface area (Å²) < 4.78 is 7.46. The molecule has 0 saturated heterocycles. The molecule has 1 aromatic carbocycles. The summed E-state index contributed by atoms with van der Waals surface area (Å²) in [7, 11) is 3.67. The van der Waals surface area contributed by atoms with Crippen LogP contribution in [-0.4, -0.2) is 34.7 Å². The molecule has 1 heterocycles. The molecule has 1 amide bonds. The van der Waals surface area contributed by atoms with Crippen LogP contribution in [0.2, 0.25) is 0 Å². The Morgan fingerprint density at radius 1 is 1.46 bits per heavy atom. The minimum absolute atomic E-state index is 0.0180. The van der Waals surface area contributed by atoms with Crippen LogP contribution < -0.4 is 11.1 Å². The van der Waals surface area contributed by atoms with Crippen molar-refractivity contribution < 1.29 is 9.53 Å². The van der Waals surface area contributed by atoms with E-state index < -0.39 is 0 Å². The van der Waals surface area contributed by atoms with Crippen molar-refractivity contribution in [3.05, 3.63) is 29.6 Å². The Morgan fingerprint density at radius 2 is 2.25 bits per heavy atom. The molecule has 1 aromatic heterocycles. The number of aryl methyl sites for hydroxylation is 2. The molecule has 1 aliphatic rings. The number of nitrogens with one attached hydrogen (secondary N) is 1. The number of fused-ring (bicyclic) bond motifs is 1. The summed E-state index contributed by atoms with van der Waals surface area (Å²) in [6.45, 7) is 2.51. The first kappa shape index (κ1) is 16.9. The molecule has 0 aliphatic heterocycles. The SMILES string of the molecule is CO[C@@H]1C[C@@H](C(=O)NCc2ccc3c(c2)nc(C)n3C)CC[C@H]1N. The summed E-state index contributed by atoms with van der Waals surface area (Å²) in [6.07, 6.45) is 2.32. The summed E-state index contributed by atoms with van der Waals surface area (Å²) in [4.78, 5) is 17.0. The fourth-order valence-electron chi connectivity index (χ4n) is 3.47. The minimum Gasteiger partial charge on any atom is -0.380 e. The molecule has 0 radical (unpaired) electrons. The van der Waals surface area contributed by atoms with Crippen molar-refractivity contribution in [3.63, 3.8) is 0 Å². The number of methoxy groups -OCH3 is 1. The Morgan fingerprint density at radius 3 is 3.00 bits per heavy atom. The van der Waals surface area contributed by atoms with Crippen LogP contribution in [0.5, 0.6) is 0 Å². The largest absolute Gasteiger partial charge is 0.380 e. The van der Waals surface area contributed by atoms with Crippen LogP contribution in [0.15, 0.2) is 18.2 Å². The van der Waals surface area contributed by atoms with Crippen LogP contribution in [-0.2, 0) is 23.1 Å². The topological polar surface area (TPSA) is 82.2 Å². The number of hydrogen-bond donors (Lipinski definition) is 2. The lowest BCUT2D eigenvalue weighted by molar-refractivity contribution is -0.128. The number of imidazole rings is 1. The third-order valence-corrected chi connectivity index (χ3v) is 5.15. The lowest BCUT2D eigenvalue weighted by atomic mass is 9.83. The van der Waals surface area contributed by atoms with Gasteiger partial charge in [-0.1, -0.05) is 6.07 Å². The molecule has 3 N–H and O–H groups in total. The summed E-state index contributed by atoms with van der Waals surface area (Å²) in [6, 6.07) is 6.17. The van der Waals surface area contributed by atoms with Gasteiger partial charge in [-0.05, 0) is 43.9 Å². The highest BCUT2D eigenvalue weighted by Gasteiger charge is 2.31. The van der Waals surface area contributed by atoms with Gasteiger partial charge in [0.15, 0.2) is 0 Å². The van der Waals surface area contributed by atoms with E-state index in [2.05, 4.69) is 20.9 Å². The Balaban J connectivity index is 1.62. The Labute approximate surface area is 142 Å². The summed E-state index contributed by atoms with van der Waals surface area (Å²) in [5.41, 5.74) is 9.14. The van der Waals surface area contributed by atoms with Gasteiger partial charge in [0, 0.05) is 32.7 Å². The van der Waals surface area contributed by atoms with Gasteiger partial charge in [-0.15, -0.1) is 0 Å². The predicted octanol–water partition coefficient (Wildman–Crippen LogP) is 1.64. The van der Waals surface area contributed by atoms with E-state index >= 15 is 0 Å². The molecule has 1 fully saturated rings. The maximum absolute atomic E-state index is 12.4. The highest BCUT2D eigenvalue weighted by molar-refractivity contribution is 5.79. The molecule has 3 atom stereocenters. The van der Waals surface area contributed by atoms with Crippen LogP contribution >= 0.6 is 0 Å². The molecular formula is C18H26N4O2. The quantitative estimate of drug-likeness (QED) is 0.893. The standard InChI is InChI=1S/C18H26N4O2/c1-11-21-15-8-12(4-7-16(15)22(11)2)10-20-18(23)13-5-6-14(19)17(9-13)24-3/h4,7-8,13-14,17H,5-6,9-10,19H2,1-3H3,(H,20,23)/t13-,14+,17+/m0/s1. The molecule has 0 unspecified atom stereocenters. The average molecular weight is 330 g/mol. The second-order valence-corrected chi connectivity index (χ2v) is 6.71. The van der Waals surface area contributed by atoms with Gasteiger partial charge in [0.2, 0.25) is 5.91 Å². The first-order valence-corrected chi connectivity index (χ1v) is 8.47. The number of rotatable bonds is 4. The minimum atomic E-state index is -0.0256. The van der Waals surface area contributed by atoms with E-state index in [1.807, 2.05) is 26.1 Å². The zero-order chi connectivity index (χ0) is 17.3. The number of nitrogens with two attached hydrogens (primary N) is 1. The average Bonchev–Trinajstić information content (AvgIpc) is 2.87. The van der Waals surface area contributed by atoms with E-state index in [-0.39, 0.29) is 24.0 Å². The van der Waals surface area contributed by atoms with Crippen LogP contribution in [0.4, 0.5) is 0 Å². The second kappa shape index (κ2) is 6.91. The zero-order valence-electron chi connectivity index (χ0n) is 14.6. The van der Waals surface area contributed by atoms with E-state index in [0.717, 1.165) is 35.3 Å². The van der Waals surface area contributed by atoms with Gasteiger partial charge in [-0.25, -0.2) is 4.98 Å². The molecule has 0 spiro atoms. The first-order chi connectivity index (χ1) is 11.5. The Bertz CT molecular complexity index is 740. The van der Waals surface area contributed by atoms with Crippen molar-refractivity contribution in [1.82, 2.24) is 14.9 Å². The number of nitrogens with zero attached hydrogens (tertiary/aromatic N) is 2. The predicted molar refractivity (Wildman–Crippen MR) is 93.4 cm³/mol. The van der Waals surface area contributed by atoms with Gasteiger partial charge < -0.3 is 20.4 Å². The lowest BCUT2D eigenvalue weighted by Gasteiger charge is -2.32. The van der Waals surface area contributed by atoms with Crippen LogP contribution in [0.25, 0.3) is 11.0 Å². The van der Waals surface area contributed by atoms with Crippen molar-refractivity contribution >= 4 is 16.9 Å². The van der Waals surface area contributed by atoms with Gasteiger partial charge in [-0.3, -0.25) is 4.79 Å². The molecular weight excluding hydrogens is 304 g/mol. The molecule has 1 aliphatic carbocycles. The van der Waals surface area contributed by atoms with Crippen molar-refractivity contribution in [2.24, 2.45) is 18.7 Å². The van der Waals surface area contributed by atoms with Gasteiger partial charge in [-0.2, -0.15) is 0 Å². The molecule has 24 heavy (non-hydrogen) atoms. The van der Waals surface area contributed by atoms with E-state index in [0.29, 0.717) is 13.0 Å². The number of aromatic nitrogens is 2. The Hall–Kier alpha value is -1.92. The molecule has 3 rings (SSSR count). The number of carbonyl (C=O) groups excluding carboxylic acids is 1. The van der Waals surface area contributed by atoms with Crippen molar-refractivity contribution in [1.29, 1.82) is 0 Å². The fraction of sp³-hybridized carbons (Fsp3) is 0.556. The van der Waals surface area contributed by atoms with Crippen LogP contribution in [0.3, 0.4) is 0 Å². The van der Waals surface area contributed by atoms with Gasteiger partial charge >= 0.3 is 0 Å². The smallest absolute Gasteiger partial charge is 0.223 e. The maximum Gasteiger partial charge on any atom is 0.223 e. The van der Waals surface area contributed by atoms with E-state index in [4.69, 9.17) is 10.5 Å². The Kier molecular flexibility index (Phi) is 4.87. The summed E-state index contributed by atoms with van der Waals surface area (Å²) >= 11 is 0. The molecule has 0 bridgehead atoms. The van der Waals surface area contributed by atoms with E-state index in [1.54, 1.807) is 7.11 Å². The fourth-order valence-corrected chi connectivity index (χ4v) is 3.47. The number of hydrogen-bond acceptors (Lipinski definition) is 4. The number of carbonyl (C=O) groups is 1. The van der Waals surface area contributed by atoms with E-state index in [1.165, 1.54) is 0 Å². The summed E-state index contributed by atoms with van der Waals surface area (Å²) in [5.74, 6) is 1.05. The van der Waals surface area contributed by atoms with E-state index in [9.17, 15) is 4.79 Å². The molecule has 2 aromatic rings. The normalized spacial score (nSPS) is 24.2. The lowest BCUT2D eigenvalue weighted by Crippen LogP contribution is -2.45. The maximum atomic E-state index is 12.4. The third kappa shape index (κ3) is 3.30. The molecule has 130 valence electrons. The second-order valence-electron chi connectivity index (χ2n) is 6.71. The number of amides is 1. The highest BCUT2D eigenvalue weighted by atomic mass is 16.5. The third-order valence-electron chi connectivity index (χ3n) is 5.15. The molecule has 6 heteroatoms. The van der Waals surface area contributed by atoms with Gasteiger partial charge in [0.05, 0.1) is 17.1 Å². The molecule has 1 saturated carbocycles. The van der Waals surface area contributed by atoms with Crippen LogP contribution in [0.1, 0.15) is 30.7 Å². The van der Waals surface area contributed by atoms with Crippen LogP contribution in [0, 0.1) is 12.8 Å².